The first-order valence-corrected chi connectivity index (χ1v) is 20.9. The molecule has 294 valence electrons. The number of ether oxygens (including phenoxy) is 4. The van der Waals surface area contributed by atoms with Gasteiger partial charge in [-0.3, -0.25) is 0 Å². The normalized spacial score (nSPS) is 25.2. The molecule has 0 spiro atoms. The van der Waals surface area contributed by atoms with Crippen molar-refractivity contribution >= 4 is 0 Å². The molecule has 0 aromatic carbocycles. The molecule has 2 saturated carbocycles. The highest BCUT2D eigenvalue weighted by Gasteiger charge is 2.23. The Labute approximate surface area is 305 Å². The van der Waals surface area contributed by atoms with E-state index in [-0.39, 0.29) is 0 Å². The summed E-state index contributed by atoms with van der Waals surface area (Å²) < 4.78 is 21.5. The molecule has 0 amide bonds. The second-order valence-electron chi connectivity index (χ2n) is 16.6. The molecule has 0 N–H and O–H groups in total. The van der Waals surface area contributed by atoms with Crippen molar-refractivity contribution in [3.63, 3.8) is 0 Å². The Kier molecular flexibility index (Phi) is 35.6. The minimum absolute atomic E-state index is 0.426. The van der Waals surface area contributed by atoms with Gasteiger partial charge in [0, 0.05) is 26.4 Å². The van der Waals surface area contributed by atoms with Crippen LogP contribution in [0.2, 0.25) is 0 Å². The molecule has 0 aliphatic heterocycles. The maximum Gasteiger partial charge on any atom is 0.209 e. The molecular formula is C44H94O4. The lowest BCUT2D eigenvalue weighted by Crippen LogP contribution is -2.36. The van der Waals surface area contributed by atoms with Gasteiger partial charge in [0.25, 0.3) is 0 Å². The molecule has 0 saturated heterocycles. The molecular weight excluding hydrogens is 592 g/mol. The van der Waals surface area contributed by atoms with Crippen molar-refractivity contribution in [2.24, 2.45) is 65.1 Å². The molecule has 48 heavy (non-hydrogen) atoms. The third-order valence-electron chi connectivity index (χ3n) is 11.2. The fourth-order valence-electron chi connectivity index (χ4n) is 6.81. The molecule has 2 fully saturated rings. The molecule has 0 aromatic heterocycles. The molecule has 4 heteroatoms. The maximum absolute atomic E-state index is 5.38. The first kappa shape index (κ1) is 52.2. The van der Waals surface area contributed by atoms with Gasteiger partial charge < -0.3 is 18.9 Å². The van der Waals surface area contributed by atoms with Gasteiger partial charge in [-0.05, 0) is 118 Å². The lowest BCUT2D eigenvalue weighted by Gasteiger charge is -2.29. The third-order valence-corrected chi connectivity index (χ3v) is 11.2. The first-order chi connectivity index (χ1) is 22.4. The summed E-state index contributed by atoms with van der Waals surface area (Å²) in [5.41, 5.74) is 0. The summed E-state index contributed by atoms with van der Waals surface area (Å²) in [7, 11) is 0. The largest absolute Gasteiger partial charge is 0.348 e. The number of hydrogen-bond acceptors (Lipinski definition) is 4. The fourth-order valence-corrected chi connectivity index (χ4v) is 6.81. The Morgan fingerprint density at radius 2 is 0.729 bits per heavy atom. The quantitative estimate of drug-likeness (QED) is 0.170. The van der Waals surface area contributed by atoms with Crippen LogP contribution in [0.4, 0.5) is 0 Å². The summed E-state index contributed by atoms with van der Waals surface area (Å²) in [6.45, 7) is 44.9. The van der Waals surface area contributed by atoms with E-state index < -0.39 is 12.6 Å². The van der Waals surface area contributed by atoms with Crippen LogP contribution in [0.3, 0.4) is 0 Å². The first-order valence-electron chi connectivity index (χ1n) is 20.9. The second kappa shape index (κ2) is 32.7. The van der Waals surface area contributed by atoms with Gasteiger partial charge in [-0.25, -0.2) is 0 Å². The van der Waals surface area contributed by atoms with Crippen LogP contribution in [-0.2, 0) is 18.9 Å². The lowest BCUT2D eigenvalue weighted by molar-refractivity contribution is -0.281. The SMILES string of the molecule is CC(C)C(C)C(C)C.CC1CC(C)CC(C)C1.CC1CCC(C)C(C)C1.CCC(C)C(C)CC.CCOC(OCC)C(OCC)OCC. The van der Waals surface area contributed by atoms with Gasteiger partial charge in [0.2, 0.25) is 12.6 Å². The molecule has 5 unspecified atom stereocenters. The van der Waals surface area contributed by atoms with Gasteiger partial charge in [-0.1, -0.05) is 130 Å². The van der Waals surface area contributed by atoms with E-state index in [2.05, 4.69) is 104 Å². The highest BCUT2D eigenvalue weighted by Crippen LogP contribution is 2.33. The molecule has 4 nitrogen and oxygen atoms in total. The standard InChI is InChI=1S/C10H22O4.2C9H18.2C8H18/c1-5-11-9(12-6-2)10(13-7-3)14-8-4;1-7-4-8(2)6-9(3)5-7;1-7-4-5-8(2)9(3)6-7;1-6(2)8(5)7(3)4;1-5-7(3)8(4)6-2/h9-10H,5-8H2,1-4H3;2*7-9H,4-6H2,1-3H3;6-8H,1-5H3;7-8H,5-6H2,1-4H3. The van der Waals surface area contributed by atoms with E-state index in [1.54, 1.807) is 0 Å². The molecule has 0 radical (unpaired) electrons. The Morgan fingerprint density at radius 3 is 0.917 bits per heavy atom. The highest BCUT2D eigenvalue weighted by molar-refractivity contribution is 4.72. The third kappa shape index (κ3) is 28.5. The summed E-state index contributed by atoms with van der Waals surface area (Å²) in [5.74, 6) is 10.3. The van der Waals surface area contributed by atoms with Crippen LogP contribution in [0.1, 0.15) is 183 Å². The van der Waals surface area contributed by atoms with Gasteiger partial charge in [0.1, 0.15) is 0 Å². The highest BCUT2D eigenvalue weighted by atomic mass is 16.8. The van der Waals surface area contributed by atoms with Crippen molar-refractivity contribution < 1.29 is 18.9 Å². The van der Waals surface area contributed by atoms with Crippen LogP contribution in [-0.4, -0.2) is 39.0 Å². The van der Waals surface area contributed by atoms with Crippen LogP contribution in [0.15, 0.2) is 0 Å². The monoisotopic (exact) mass is 687 g/mol. The Bertz CT molecular complexity index is 585. The van der Waals surface area contributed by atoms with Crippen LogP contribution in [0.25, 0.3) is 0 Å². The summed E-state index contributed by atoms with van der Waals surface area (Å²) in [5, 5.41) is 0. The van der Waals surface area contributed by atoms with Crippen LogP contribution >= 0.6 is 0 Å². The van der Waals surface area contributed by atoms with Gasteiger partial charge in [0.15, 0.2) is 0 Å². The van der Waals surface area contributed by atoms with E-state index in [0.29, 0.717) is 26.4 Å². The molecule has 0 aromatic rings. The maximum atomic E-state index is 5.38. The zero-order chi connectivity index (χ0) is 37.8. The van der Waals surface area contributed by atoms with Crippen LogP contribution in [0, 0.1) is 65.1 Å². The molecule has 2 aliphatic carbocycles. The molecule has 5 atom stereocenters. The van der Waals surface area contributed by atoms with E-state index in [9.17, 15) is 0 Å². The molecule has 0 heterocycles. The average Bonchev–Trinajstić information content (AvgIpc) is 3.02. The summed E-state index contributed by atoms with van der Waals surface area (Å²) >= 11 is 0. The van der Waals surface area contributed by atoms with E-state index in [1.807, 2.05) is 27.7 Å². The zero-order valence-electron chi connectivity index (χ0n) is 36.6. The molecule has 2 rings (SSSR count). The minimum atomic E-state index is -0.426. The van der Waals surface area contributed by atoms with Crippen molar-refractivity contribution in [2.75, 3.05) is 26.4 Å². The summed E-state index contributed by atoms with van der Waals surface area (Å²) in [6.07, 6.45) is 10.6. The van der Waals surface area contributed by atoms with Gasteiger partial charge in [0.05, 0.1) is 0 Å². The van der Waals surface area contributed by atoms with Gasteiger partial charge >= 0.3 is 0 Å². The predicted octanol–water partition coefficient (Wildman–Crippen LogP) is 14.0. The topological polar surface area (TPSA) is 36.9 Å². The van der Waals surface area contributed by atoms with Crippen molar-refractivity contribution in [1.82, 2.24) is 0 Å². The van der Waals surface area contributed by atoms with Crippen LogP contribution < -0.4 is 0 Å². The van der Waals surface area contributed by atoms with Gasteiger partial charge in [-0.2, -0.15) is 0 Å². The number of hydrogen-bond donors (Lipinski definition) is 0. The Balaban J connectivity index is -0.000000537. The van der Waals surface area contributed by atoms with E-state index in [0.717, 1.165) is 65.1 Å². The van der Waals surface area contributed by atoms with Crippen molar-refractivity contribution in [3.05, 3.63) is 0 Å². The molecule has 0 bridgehead atoms. The van der Waals surface area contributed by atoms with Crippen LogP contribution in [0.5, 0.6) is 0 Å². The zero-order valence-corrected chi connectivity index (χ0v) is 36.6. The van der Waals surface area contributed by atoms with Crippen molar-refractivity contribution in [2.45, 2.75) is 195 Å². The van der Waals surface area contributed by atoms with E-state index in [4.69, 9.17) is 18.9 Å². The number of rotatable bonds is 14. The van der Waals surface area contributed by atoms with Gasteiger partial charge in [-0.15, -0.1) is 0 Å². The average molecular weight is 687 g/mol. The van der Waals surface area contributed by atoms with E-state index >= 15 is 0 Å². The predicted molar refractivity (Wildman–Crippen MR) is 215 cm³/mol. The molecule has 2 aliphatic rings. The lowest BCUT2D eigenvalue weighted by atomic mass is 9.77. The second-order valence-corrected chi connectivity index (χ2v) is 16.6. The smallest absolute Gasteiger partial charge is 0.209 e. The van der Waals surface area contributed by atoms with Crippen molar-refractivity contribution in [3.8, 4) is 0 Å². The van der Waals surface area contributed by atoms with Crippen molar-refractivity contribution in [1.29, 1.82) is 0 Å². The summed E-state index contributed by atoms with van der Waals surface area (Å²) in [4.78, 5) is 0. The fraction of sp³-hybridized carbons (Fsp3) is 1.00. The Morgan fingerprint density at radius 1 is 0.417 bits per heavy atom. The van der Waals surface area contributed by atoms with E-state index in [1.165, 1.54) is 51.4 Å². The minimum Gasteiger partial charge on any atom is -0.348 e. The summed E-state index contributed by atoms with van der Waals surface area (Å²) in [6, 6.07) is 0. The Hall–Kier alpha value is -0.160.